The first-order valence-electron chi connectivity index (χ1n) is 5.14. The van der Waals surface area contributed by atoms with Gasteiger partial charge in [-0.1, -0.05) is 35.4 Å². The Morgan fingerprint density at radius 1 is 0.833 bits per heavy atom. The molecular formula is C8H18O6S4. The molecule has 6 nitrogen and oxygen atoms in total. The van der Waals surface area contributed by atoms with Crippen LogP contribution in [0.1, 0.15) is 40.5 Å². The van der Waals surface area contributed by atoms with E-state index in [1.807, 2.05) is 0 Å². The van der Waals surface area contributed by atoms with Crippen molar-refractivity contribution in [3.8, 4) is 0 Å². The van der Waals surface area contributed by atoms with Crippen molar-refractivity contribution >= 4 is 41.8 Å². The fourth-order valence-electron chi connectivity index (χ4n) is 0.745. The second kappa shape index (κ2) is 5.88. The minimum Gasteiger partial charge on any atom is -0.284 e. The number of hydrogen-bond acceptors (Lipinski definition) is 6. The molecule has 0 aliphatic carbocycles. The maximum atomic E-state index is 11.2. The lowest BCUT2D eigenvalue weighted by atomic mass is 10.4. The van der Waals surface area contributed by atoms with E-state index < -0.39 is 28.4 Å². The van der Waals surface area contributed by atoms with Gasteiger partial charge in [0.2, 0.25) is 0 Å². The molecule has 0 aromatic heterocycles. The van der Waals surface area contributed by atoms with E-state index in [-0.39, 0.29) is 12.8 Å². The zero-order valence-electron chi connectivity index (χ0n) is 10.6. The van der Waals surface area contributed by atoms with Crippen molar-refractivity contribution in [2.45, 2.75) is 48.7 Å². The fourth-order valence-corrected chi connectivity index (χ4v) is 6.68. The maximum absolute atomic E-state index is 11.2. The third-order valence-electron chi connectivity index (χ3n) is 2.77. The van der Waals surface area contributed by atoms with Crippen LogP contribution in [0, 0.1) is 0 Å². The molecule has 0 radical (unpaired) electrons. The summed E-state index contributed by atoms with van der Waals surface area (Å²) in [4.78, 5) is 0. The summed E-state index contributed by atoms with van der Waals surface area (Å²) in [6, 6.07) is 0. The van der Waals surface area contributed by atoms with Crippen molar-refractivity contribution in [1.82, 2.24) is 0 Å². The van der Waals surface area contributed by atoms with Gasteiger partial charge < -0.3 is 0 Å². The molecule has 0 spiro atoms. The zero-order chi connectivity index (χ0) is 14.8. The van der Waals surface area contributed by atoms with Crippen LogP contribution in [0.4, 0.5) is 0 Å². The van der Waals surface area contributed by atoms with E-state index >= 15 is 0 Å². The standard InChI is InChI=1S/C8H18O6S4/c1-5-7(3,17(9,10)11)15-16-8(4,6-2)18(12,13)14/h5-6H2,1-4H3,(H,9,10,11)(H,12,13,14). The van der Waals surface area contributed by atoms with Crippen molar-refractivity contribution in [3.05, 3.63) is 0 Å². The van der Waals surface area contributed by atoms with Crippen LogP contribution in [-0.4, -0.2) is 34.1 Å². The minimum atomic E-state index is -4.32. The Hall–Kier alpha value is 0.520. The predicted molar refractivity (Wildman–Crippen MR) is 75.7 cm³/mol. The molecule has 0 fully saturated rings. The van der Waals surface area contributed by atoms with E-state index in [4.69, 9.17) is 9.11 Å². The molecule has 0 aromatic carbocycles. The van der Waals surface area contributed by atoms with Gasteiger partial charge in [0, 0.05) is 0 Å². The molecule has 10 heteroatoms. The van der Waals surface area contributed by atoms with Crippen LogP contribution < -0.4 is 0 Å². The molecule has 0 heterocycles. The molecule has 0 saturated heterocycles. The molecule has 2 unspecified atom stereocenters. The second-order valence-corrected chi connectivity index (χ2v) is 11.4. The van der Waals surface area contributed by atoms with Gasteiger partial charge in [0.25, 0.3) is 20.2 Å². The van der Waals surface area contributed by atoms with Crippen molar-refractivity contribution < 1.29 is 25.9 Å². The number of hydrogen-bond donors (Lipinski definition) is 2. The first-order valence-corrected chi connectivity index (χ1v) is 10.2. The van der Waals surface area contributed by atoms with Gasteiger partial charge in [0.05, 0.1) is 0 Å². The molecular weight excluding hydrogens is 320 g/mol. The van der Waals surface area contributed by atoms with E-state index in [1.54, 1.807) is 13.8 Å². The van der Waals surface area contributed by atoms with Gasteiger partial charge in [-0.2, -0.15) is 16.8 Å². The summed E-state index contributed by atoms with van der Waals surface area (Å²) >= 11 is 0. The van der Waals surface area contributed by atoms with Crippen molar-refractivity contribution in [3.63, 3.8) is 0 Å². The molecule has 0 rings (SSSR count). The molecule has 2 atom stereocenters. The Balaban J connectivity index is 5.17. The Kier molecular flexibility index (Phi) is 6.05. The number of rotatable bonds is 7. The van der Waals surface area contributed by atoms with Crippen LogP contribution in [0.25, 0.3) is 0 Å². The van der Waals surface area contributed by atoms with Crippen LogP contribution in [0.2, 0.25) is 0 Å². The lowest BCUT2D eigenvalue weighted by Crippen LogP contribution is -2.33. The van der Waals surface area contributed by atoms with Crippen molar-refractivity contribution in [2.75, 3.05) is 0 Å². The van der Waals surface area contributed by atoms with Gasteiger partial charge in [-0.05, 0) is 26.7 Å². The molecule has 110 valence electrons. The average Bonchev–Trinajstić information content (AvgIpc) is 2.22. The highest BCUT2D eigenvalue weighted by atomic mass is 33.1. The molecule has 18 heavy (non-hydrogen) atoms. The van der Waals surface area contributed by atoms with E-state index in [0.717, 1.165) is 21.6 Å². The fraction of sp³-hybridized carbons (Fsp3) is 1.00. The van der Waals surface area contributed by atoms with Gasteiger partial charge in [0.15, 0.2) is 0 Å². The lowest BCUT2D eigenvalue weighted by Gasteiger charge is -2.29. The summed E-state index contributed by atoms with van der Waals surface area (Å²) in [6.07, 6.45) is 0.212. The molecule has 0 aromatic rings. The monoisotopic (exact) mass is 338 g/mol. The highest BCUT2D eigenvalue weighted by molar-refractivity contribution is 8.80. The van der Waals surface area contributed by atoms with Crippen LogP contribution >= 0.6 is 21.6 Å². The molecule has 2 N–H and O–H groups in total. The van der Waals surface area contributed by atoms with Gasteiger partial charge in [-0.3, -0.25) is 9.11 Å². The normalized spacial score (nSPS) is 20.1. The largest absolute Gasteiger partial charge is 0.284 e. The van der Waals surface area contributed by atoms with E-state index in [1.165, 1.54) is 13.8 Å². The quantitative estimate of drug-likeness (QED) is 0.538. The summed E-state index contributed by atoms with van der Waals surface area (Å²) in [5.74, 6) is 0. The highest BCUT2D eigenvalue weighted by Gasteiger charge is 2.44. The maximum Gasteiger partial charge on any atom is 0.280 e. The highest BCUT2D eigenvalue weighted by Crippen LogP contribution is 2.50. The smallest absolute Gasteiger partial charge is 0.280 e. The second-order valence-electron chi connectivity index (χ2n) is 4.09. The van der Waals surface area contributed by atoms with Gasteiger partial charge in [-0.15, -0.1) is 0 Å². The molecule has 0 amide bonds. The summed E-state index contributed by atoms with van der Waals surface area (Å²) in [5.41, 5.74) is 0. The van der Waals surface area contributed by atoms with E-state index in [2.05, 4.69) is 0 Å². The summed E-state index contributed by atoms with van der Waals surface area (Å²) < 4.78 is 60.2. The molecule has 0 aliphatic rings. The third-order valence-corrected chi connectivity index (χ3v) is 11.7. The Morgan fingerprint density at radius 3 is 1.17 bits per heavy atom. The minimum absolute atomic E-state index is 0.106. The zero-order valence-corrected chi connectivity index (χ0v) is 13.8. The van der Waals surface area contributed by atoms with Crippen molar-refractivity contribution in [1.29, 1.82) is 0 Å². The Labute approximate surface area is 116 Å². The Bertz CT molecular complexity index is 438. The van der Waals surface area contributed by atoms with Crippen molar-refractivity contribution in [2.24, 2.45) is 0 Å². The van der Waals surface area contributed by atoms with Gasteiger partial charge >= 0.3 is 0 Å². The summed E-state index contributed by atoms with van der Waals surface area (Å²) in [7, 11) is -7.19. The summed E-state index contributed by atoms with van der Waals surface area (Å²) in [6.45, 7) is 5.75. The SMILES string of the molecule is CCC(C)(SSC(C)(CC)S(=O)(=O)O)S(=O)(=O)O. The predicted octanol–water partition coefficient (Wildman–Crippen LogP) is 2.40. The lowest BCUT2D eigenvalue weighted by molar-refractivity contribution is 0.459. The average molecular weight is 338 g/mol. The Morgan fingerprint density at radius 2 is 1.06 bits per heavy atom. The van der Waals surface area contributed by atoms with Crippen LogP contribution in [-0.2, 0) is 20.2 Å². The molecule has 0 saturated carbocycles. The first kappa shape index (κ1) is 18.5. The molecule has 0 aliphatic heterocycles. The van der Waals surface area contributed by atoms with Gasteiger partial charge in [-0.25, -0.2) is 0 Å². The topological polar surface area (TPSA) is 109 Å². The molecule has 0 bridgehead atoms. The van der Waals surface area contributed by atoms with Crippen LogP contribution in [0.3, 0.4) is 0 Å². The van der Waals surface area contributed by atoms with Crippen LogP contribution in [0.5, 0.6) is 0 Å². The van der Waals surface area contributed by atoms with E-state index in [0.29, 0.717) is 0 Å². The van der Waals surface area contributed by atoms with Crippen LogP contribution in [0.15, 0.2) is 0 Å². The third kappa shape index (κ3) is 4.01. The van der Waals surface area contributed by atoms with E-state index in [9.17, 15) is 16.8 Å². The van der Waals surface area contributed by atoms with Gasteiger partial charge in [0.1, 0.15) is 8.16 Å². The summed E-state index contributed by atoms with van der Waals surface area (Å²) in [5, 5.41) is 0. The first-order chi connectivity index (χ1) is 7.83.